The molecule has 1 rings (SSSR count). The number of carbonyl (C=O) groups excluding carboxylic acids is 1. The summed E-state index contributed by atoms with van der Waals surface area (Å²) in [4.78, 5) is 22.7. The quantitative estimate of drug-likeness (QED) is 0.861. The lowest BCUT2D eigenvalue weighted by molar-refractivity contribution is -0.147. The fraction of sp³-hybridized carbons (Fsp3) is 0.333. The maximum absolute atomic E-state index is 11.5. The first-order chi connectivity index (χ1) is 7.54. The van der Waals surface area contributed by atoms with Crippen LogP contribution in [0.15, 0.2) is 15.9 Å². The number of amides is 1. The molecule has 0 aliphatic rings. The maximum atomic E-state index is 11.5. The highest BCUT2D eigenvalue weighted by Crippen LogP contribution is 2.19. The van der Waals surface area contributed by atoms with Gasteiger partial charge in [-0.05, 0) is 22.0 Å². The first-order valence-electron chi connectivity index (χ1n) is 4.32. The summed E-state index contributed by atoms with van der Waals surface area (Å²) in [5.74, 6) is -1.41. The van der Waals surface area contributed by atoms with E-state index in [2.05, 4.69) is 26.0 Å². The van der Waals surface area contributed by atoms with E-state index in [1.54, 1.807) is 11.4 Å². The average Bonchev–Trinajstić information content (AvgIpc) is 2.65. The lowest BCUT2D eigenvalue weighted by Crippen LogP contribution is -2.37. The van der Waals surface area contributed by atoms with Gasteiger partial charge in [0, 0.05) is 17.0 Å². The largest absolute Gasteiger partial charge is 0.479 e. The number of thiophene rings is 1. The first kappa shape index (κ1) is 13.1. The normalized spacial score (nSPS) is 12.1. The maximum Gasteiger partial charge on any atom is 0.334 e. The summed E-state index contributed by atoms with van der Waals surface area (Å²) in [5.41, 5.74) is 0. The summed E-state index contributed by atoms with van der Waals surface area (Å²) < 4.78 is 5.51. The molecule has 1 aromatic heterocycles. The fourth-order valence-corrected chi connectivity index (χ4v) is 2.32. The molecular formula is C9H10BrNO4S. The summed E-state index contributed by atoms with van der Waals surface area (Å²) in [7, 11) is 1.28. The second-order valence-electron chi connectivity index (χ2n) is 2.90. The van der Waals surface area contributed by atoms with E-state index in [9.17, 15) is 9.59 Å². The number of carboxylic acid groups (broad SMARTS) is 1. The van der Waals surface area contributed by atoms with Crippen molar-refractivity contribution >= 4 is 39.1 Å². The van der Waals surface area contributed by atoms with Crippen LogP contribution >= 0.6 is 27.3 Å². The van der Waals surface area contributed by atoms with Crippen molar-refractivity contribution in [2.45, 2.75) is 6.10 Å². The minimum atomic E-state index is -1.10. The number of hydrogen-bond donors (Lipinski definition) is 2. The van der Waals surface area contributed by atoms with Gasteiger partial charge in [-0.2, -0.15) is 0 Å². The van der Waals surface area contributed by atoms with Crippen molar-refractivity contribution in [2.24, 2.45) is 0 Å². The van der Waals surface area contributed by atoms with Crippen molar-refractivity contribution in [3.05, 3.63) is 20.8 Å². The van der Waals surface area contributed by atoms with Gasteiger partial charge in [-0.15, -0.1) is 11.3 Å². The van der Waals surface area contributed by atoms with Crippen molar-refractivity contribution in [3.8, 4) is 0 Å². The van der Waals surface area contributed by atoms with Crippen LogP contribution in [0, 0.1) is 0 Å². The highest BCUT2D eigenvalue weighted by atomic mass is 79.9. The van der Waals surface area contributed by atoms with Crippen molar-refractivity contribution in [3.63, 3.8) is 0 Å². The molecule has 88 valence electrons. The molecule has 7 heteroatoms. The highest BCUT2D eigenvalue weighted by molar-refractivity contribution is 9.10. The standard InChI is InChI=1S/C9H10BrNO4S/c1-15-6(9(13)14)3-11-8(12)7-2-5(10)4-16-7/h2,4,6H,3H2,1H3,(H,11,12)(H,13,14). The molecular weight excluding hydrogens is 298 g/mol. The third kappa shape index (κ3) is 3.58. The molecule has 1 amide bonds. The molecule has 0 spiro atoms. The molecule has 0 saturated heterocycles. The van der Waals surface area contributed by atoms with Crippen molar-refractivity contribution < 1.29 is 19.4 Å². The lowest BCUT2D eigenvalue weighted by atomic mass is 10.3. The van der Waals surface area contributed by atoms with E-state index in [4.69, 9.17) is 5.11 Å². The van der Waals surface area contributed by atoms with Crippen molar-refractivity contribution in [2.75, 3.05) is 13.7 Å². The molecule has 2 N–H and O–H groups in total. The lowest BCUT2D eigenvalue weighted by Gasteiger charge is -2.10. The molecule has 0 fully saturated rings. The van der Waals surface area contributed by atoms with E-state index in [1.165, 1.54) is 18.4 Å². The van der Waals surface area contributed by atoms with Crippen LogP contribution in [-0.4, -0.2) is 36.7 Å². The Hall–Kier alpha value is -0.920. The SMILES string of the molecule is COC(CNC(=O)c1cc(Br)cs1)C(=O)O. The molecule has 1 aromatic rings. The van der Waals surface area contributed by atoms with Gasteiger partial charge in [-0.1, -0.05) is 0 Å². The second kappa shape index (κ2) is 5.97. The number of ether oxygens (including phenoxy) is 1. The predicted octanol–water partition coefficient (Wildman–Crippen LogP) is 1.34. The molecule has 0 saturated carbocycles. The van der Waals surface area contributed by atoms with Crippen LogP contribution in [0.2, 0.25) is 0 Å². The Kier molecular flexibility index (Phi) is 4.91. The van der Waals surface area contributed by atoms with Crippen molar-refractivity contribution in [1.82, 2.24) is 5.32 Å². The topological polar surface area (TPSA) is 75.6 Å². The molecule has 0 bridgehead atoms. The molecule has 16 heavy (non-hydrogen) atoms. The summed E-state index contributed by atoms with van der Waals surface area (Å²) in [6, 6.07) is 1.67. The average molecular weight is 308 g/mol. The zero-order valence-electron chi connectivity index (χ0n) is 8.40. The van der Waals surface area contributed by atoms with Crippen molar-refractivity contribution in [1.29, 1.82) is 0 Å². The Morgan fingerprint density at radius 2 is 2.38 bits per heavy atom. The van der Waals surface area contributed by atoms with Crippen LogP contribution in [0.3, 0.4) is 0 Å². The highest BCUT2D eigenvalue weighted by Gasteiger charge is 2.18. The summed E-state index contributed by atoms with van der Waals surface area (Å²) >= 11 is 4.51. The molecule has 0 aliphatic heterocycles. The second-order valence-corrected chi connectivity index (χ2v) is 4.73. The van der Waals surface area contributed by atoms with Gasteiger partial charge in [0.25, 0.3) is 5.91 Å². The van der Waals surface area contributed by atoms with Crippen LogP contribution in [0.25, 0.3) is 0 Å². The van der Waals surface area contributed by atoms with E-state index in [0.717, 1.165) is 4.47 Å². The minimum absolute atomic E-state index is 0.0554. The third-order valence-corrected chi connectivity index (χ3v) is 3.49. The minimum Gasteiger partial charge on any atom is -0.479 e. The monoisotopic (exact) mass is 307 g/mol. The number of methoxy groups -OCH3 is 1. The molecule has 1 unspecified atom stereocenters. The van der Waals surface area contributed by atoms with Crippen LogP contribution in [0.4, 0.5) is 0 Å². The number of hydrogen-bond acceptors (Lipinski definition) is 4. The van der Waals surface area contributed by atoms with E-state index >= 15 is 0 Å². The van der Waals surface area contributed by atoms with Gasteiger partial charge in [0.2, 0.25) is 0 Å². The van der Waals surface area contributed by atoms with Crippen LogP contribution < -0.4 is 5.32 Å². The van der Waals surface area contributed by atoms with Gasteiger partial charge < -0.3 is 15.2 Å². The summed E-state index contributed by atoms with van der Waals surface area (Å²) in [6.45, 7) is -0.0554. The number of nitrogens with one attached hydrogen (secondary N) is 1. The molecule has 1 atom stereocenters. The number of carbonyl (C=O) groups is 2. The van der Waals surface area contributed by atoms with E-state index in [1.807, 2.05) is 0 Å². The van der Waals surface area contributed by atoms with Crippen LogP contribution in [-0.2, 0) is 9.53 Å². The zero-order chi connectivity index (χ0) is 12.1. The number of aliphatic carboxylic acids is 1. The molecule has 0 aromatic carbocycles. The van der Waals surface area contributed by atoms with Gasteiger partial charge in [0.1, 0.15) is 0 Å². The van der Waals surface area contributed by atoms with E-state index < -0.39 is 12.1 Å². The van der Waals surface area contributed by atoms with Gasteiger partial charge in [-0.25, -0.2) is 4.79 Å². The summed E-state index contributed by atoms with van der Waals surface area (Å²) in [6.07, 6.45) is -1.02. The zero-order valence-corrected chi connectivity index (χ0v) is 10.8. The molecule has 0 aliphatic carbocycles. The van der Waals surface area contributed by atoms with E-state index in [0.29, 0.717) is 4.88 Å². The Morgan fingerprint density at radius 1 is 1.69 bits per heavy atom. The predicted molar refractivity (Wildman–Crippen MR) is 62.8 cm³/mol. The molecule has 5 nitrogen and oxygen atoms in total. The first-order valence-corrected chi connectivity index (χ1v) is 5.99. The number of halogens is 1. The van der Waals surface area contributed by atoms with Gasteiger partial charge in [0.15, 0.2) is 6.10 Å². The Morgan fingerprint density at radius 3 is 2.81 bits per heavy atom. The molecule has 1 heterocycles. The summed E-state index contributed by atoms with van der Waals surface area (Å²) in [5, 5.41) is 12.9. The Labute approximate surface area is 105 Å². The van der Waals surface area contributed by atoms with Gasteiger partial charge in [0.05, 0.1) is 11.4 Å². The number of rotatable bonds is 5. The van der Waals surface area contributed by atoms with Crippen LogP contribution in [0.5, 0.6) is 0 Å². The Bertz CT molecular complexity index is 393. The van der Waals surface area contributed by atoms with Gasteiger partial charge >= 0.3 is 5.97 Å². The van der Waals surface area contributed by atoms with Crippen LogP contribution in [0.1, 0.15) is 9.67 Å². The number of carboxylic acids is 1. The van der Waals surface area contributed by atoms with E-state index in [-0.39, 0.29) is 12.5 Å². The third-order valence-electron chi connectivity index (χ3n) is 1.80. The fourth-order valence-electron chi connectivity index (χ4n) is 0.976. The Balaban J connectivity index is 2.49. The molecule has 0 radical (unpaired) electrons. The smallest absolute Gasteiger partial charge is 0.334 e. The van der Waals surface area contributed by atoms with Gasteiger partial charge in [-0.3, -0.25) is 4.79 Å².